The summed E-state index contributed by atoms with van der Waals surface area (Å²) >= 11 is 0. The minimum absolute atomic E-state index is 0.0556. The van der Waals surface area contributed by atoms with Gasteiger partial charge in [0.2, 0.25) is 0 Å². The molecule has 1 aliphatic heterocycles. The summed E-state index contributed by atoms with van der Waals surface area (Å²) in [6.45, 7) is 3.78. The number of Topliss-reactive ketones (excluding diaryl/α,β-unsaturated/α-hetero) is 1. The molecule has 1 aromatic carbocycles. The van der Waals surface area contributed by atoms with Crippen molar-refractivity contribution >= 4 is 11.7 Å². The van der Waals surface area contributed by atoms with Crippen molar-refractivity contribution in [2.24, 2.45) is 0 Å². The van der Waals surface area contributed by atoms with E-state index in [1.807, 2.05) is 13.8 Å². The molecule has 0 fully saturated rings. The van der Waals surface area contributed by atoms with Gasteiger partial charge in [0.15, 0.2) is 5.78 Å². The van der Waals surface area contributed by atoms with Crippen LogP contribution in [-0.2, 0) is 6.42 Å². The fourth-order valence-electron chi connectivity index (χ4n) is 3.78. The molecule has 1 aromatic heterocycles. The first-order valence-electron chi connectivity index (χ1n) is 8.77. The minimum atomic E-state index is -0.551. The lowest BCUT2D eigenvalue weighted by atomic mass is 9.89. The lowest BCUT2D eigenvalue weighted by molar-refractivity contribution is 0.0614. The van der Waals surface area contributed by atoms with Crippen LogP contribution in [0.25, 0.3) is 0 Å². The summed E-state index contributed by atoms with van der Waals surface area (Å²) in [5.41, 5.74) is 0.851. The number of hydrogen-bond donors (Lipinski definition) is 1. The third-order valence-corrected chi connectivity index (χ3v) is 4.94. The van der Waals surface area contributed by atoms with Gasteiger partial charge >= 0.3 is 0 Å². The second kappa shape index (κ2) is 5.97. The summed E-state index contributed by atoms with van der Waals surface area (Å²) in [4.78, 5) is 25.0. The zero-order valence-electron chi connectivity index (χ0n) is 14.7. The quantitative estimate of drug-likeness (QED) is 0.883. The number of amides is 1. The van der Waals surface area contributed by atoms with Gasteiger partial charge in [0.25, 0.3) is 5.91 Å². The molecule has 0 radical (unpaired) electrons. The van der Waals surface area contributed by atoms with Gasteiger partial charge in [-0.2, -0.15) is 0 Å². The number of ketones is 1. The van der Waals surface area contributed by atoms with Crippen LogP contribution >= 0.6 is 0 Å². The maximum absolute atomic E-state index is 13.6. The summed E-state index contributed by atoms with van der Waals surface area (Å²) < 4.78 is 24.9. The molecule has 1 unspecified atom stereocenters. The Morgan fingerprint density at radius 1 is 1.31 bits per heavy atom. The van der Waals surface area contributed by atoms with Crippen LogP contribution in [0.4, 0.5) is 4.39 Å². The summed E-state index contributed by atoms with van der Waals surface area (Å²) in [5, 5.41) is 2.97. The number of nitrogens with one attached hydrogen (secondary N) is 1. The molecular formula is C20H20FNO4. The first kappa shape index (κ1) is 16.8. The lowest BCUT2D eigenvalue weighted by Crippen LogP contribution is -2.41. The number of carbonyl (C=O) groups is 2. The first-order valence-corrected chi connectivity index (χ1v) is 8.77. The summed E-state index contributed by atoms with van der Waals surface area (Å²) in [6, 6.07) is 3.97. The van der Waals surface area contributed by atoms with E-state index < -0.39 is 5.60 Å². The predicted octanol–water partition coefficient (Wildman–Crippen LogP) is 3.97. The topological polar surface area (TPSA) is 68.5 Å². The number of furan rings is 1. The Kier molecular flexibility index (Phi) is 3.86. The van der Waals surface area contributed by atoms with E-state index in [1.54, 1.807) is 6.07 Å². The Morgan fingerprint density at radius 2 is 2.12 bits per heavy atom. The van der Waals surface area contributed by atoms with Gasteiger partial charge in [-0.25, -0.2) is 4.39 Å². The number of benzene rings is 1. The van der Waals surface area contributed by atoms with Gasteiger partial charge in [0, 0.05) is 30.9 Å². The number of ether oxygens (including phenoxy) is 1. The highest BCUT2D eigenvalue weighted by molar-refractivity contribution is 6.09. The van der Waals surface area contributed by atoms with Crippen LogP contribution in [-0.4, -0.2) is 17.3 Å². The number of fused-ring (bicyclic) bond motifs is 2. The fourth-order valence-corrected chi connectivity index (χ4v) is 3.78. The van der Waals surface area contributed by atoms with E-state index in [2.05, 4.69) is 5.32 Å². The van der Waals surface area contributed by atoms with Crippen LogP contribution in [0.5, 0.6) is 5.75 Å². The van der Waals surface area contributed by atoms with Gasteiger partial charge in [0.1, 0.15) is 29.2 Å². The SMILES string of the molecule is CC1(C)CC(NC(=O)c2coc3c2C(=O)CCC3)c2ccc(F)cc2O1. The third-order valence-electron chi connectivity index (χ3n) is 4.94. The van der Waals surface area contributed by atoms with E-state index >= 15 is 0 Å². The van der Waals surface area contributed by atoms with Gasteiger partial charge in [0.05, 0.1) is 17.2 Å². The van der Waals surface area contributed by atoms with Crippen molar-refractivity contribution in [2.75, 3.05) is 0 Å². The third kappa shape index (κ3) is 2.89. The van der Waals surface area contributed by atoms with E-state index in [9.17, 15) is 14.0 Å². The average molecular weight is 357 g/mol. The Balaban J connectivity index is 1.65. The fraction of sp³-hybridized carbons (Fsp3) is 0.400. The van der Waals surface area contributed by atoms with Crippen molar-refractivity contribution in [3.63, 3.8) is 0 Å². The molecule has 2 aromatic rings. The van der Waals surface area contributed by atoms with Crippen LogP contribution in [0.3, 0.4) is 0 Å². The van der Waals surface area contributed by atoms with Crippen LogP contribution in [0.2, 0.25) is 0 Å². The van der Waals surface area contributed by atoms with Crippen LogP contribution in [0.15, 0.2) is 28.9 Å². The number of rotatable bonds is 2. The smallest absolute Gasteiger partial charge is 0.255 e. The molecular weight excluding hydrogens is 337 g/mol. The average Bonchev–Trinajstić information content (AvgIpc) is 2.99. The lowest BCUT2D eigenvalue weighted by Gasteiger charge is -2.37. The van der Waals surface area contributed by atoms with E-state index in [1.165, 1.54) is 18.4 Å². The summed E-state index contributed by atoms with van der Waals surface area (Å²) in [5.74, 6) is 0.210. The number of aryl methyl sites for hydroxylation is 1. The largest absolute Gasteiger partial charge is 0.487 e. The van der Waals surface area contributed by atoms with Crippen LogP contribution in [0.1, 0.15) is 71.2 Å². The number of halogens is 1. The highest BCUT2D eigenvalue weighted by atomic mass is 19.1. The van der Waals surface area contributed by atoms with E-state index in [-0.39, 0.29) is 29.1 Å². The molecule has 0 saturated heterocycles. The molecule has 4 rings (SSSR count). The van der Waals surface area contributed by atoms with Crippen molar-refractivity contribution < 1.29 is 23.1 Å². The molecule has 1 amide bonds. The first-order chi connectivity index (χ1) is 12.3. The van der Waals surface area contributed by atoms with Crippen molar-refractivity contribution in [1.29, 1.82) is 0 Å². The zero-order valence-corrected chi connectivity index (χ0v) is 14.7. The van der Waals surface area contributed by atoms with Crippen molar-refractivity contribution in [3.8, 4) is 5.75 Å². The molecule has 2 aliphatic rings. The van der Waals surface area contributed by atoms with Crippen molar-refractivity contribution in [2.45, 2.75) is 51.2 Å². The molecule has 6 heteroatoms. The van der Waals surface area contributed by atoms with Crippen LogP contribution < -0.4 is 10.1 Å². The standard InChI is InChI=1S/C20H20FNO4/c1-20(2)9-14(12-7-6-11(21)8-17(12)26-20)22-19(24)13-10-25-16-5-3-4-15(23)18(13)16/h6-8,10,14H,3-5,9H2,1-2H3,(H,22,24). The highest BCUT2D eigenvalue weighted by Crippen LogP contribution is 2.40. The Bertz CT molecular complexity index is 899. The number of carbonyl (C=O) groups excluding carboxylic acids is 2. The van der Waals surface area contributed by atoms with E-state index in [4.69, 9.17) is 9.15 Å². The second-order valence-corrected chi connectivity index (χ2v) is 7.50. The number of hydrogen-bond acceptors (Lipinski definition) is 4. The minimum Gasteiger partial charge on any atom is -0.487 e. The van der Waals surface area contributed by atoms with Gasteiger partial charge in [-0.1, -0.05) is 6.07 Å². The van der Waals surface area contributed by atoms with Crippen LogP contribution in [0, 0.1) is 5.82 Å². The Morgan fingerprint density at radius 3 is 2.92 bits per heavy atom. The van der Waals surface area contributed by atoms with Gasteiger partial charge in [-0.3, -0.25) is 9.59 Å². The normalized spacial score (nSPS) is 20.7. The molecule has 1 aliphatic carbocycles. The summed E-state index contributed by atoms with van der Waals surface area (Å²) in [7, 11) is 0. The highest BCUT2D eigenvalue weighted by Gasteiger charge is 2.36. The monoisotopic (exact) mass is 357 g/mol. The van der Waals surface area contributed by atoms with Gasteiger partial charge in [-0.05, 0) is 26.3 Å². The molecule has 2 heterocycles. The molecule has 5 nitrogen and oxygen atoms in total. The zero-order chi connectivity index (χ0) is 18.5. The van der Waals surface area contributed by atoms with E-state index in [0.717, 1.165) is 12.0 Å². The Labute approximate surface area is 150 Å². The van der Waals surface area contributed by atoms with Crippen molar-refractivity contribution in [1.82, 2.24) is 5.32 Å². The molecule has 0 bridgehead atoms. The van der Waals surface area contributed by atoms with Gasteiger partial charge in [-0.15, -0.1) is 0 Å². The maximum atomic E-state index is 13.6. The van der Waals surface area contributed by atoms with Crippen molar-refractivity contribution in [3.05, 3.63) is 52.7 Å². The van der Waals surface area contributed by atoms with E-state index in [0.29, 0.717) is 36.3 Å². The molecule has 136 valence electrons. The molecule has 1 atom stereocenters. The maximum Gasteiger partial charge on any atom is 0.255 e. The summed E-state index contributed by atoms with van der Waals surface area (Å²) in [6.07, 6.45) is 3.73. The van der Waals surface area contributed by atoms with Gasteiger partial charge < -0.3 is 14.5 Å². The molecule has 26 heavy (non-hydrogen) atoms. The molecule has 0 spiro atoms. The molecule has 1 N–H and O–H groups in total. The Hall–Kier alpha value is -2.63. The molecule has 0 saturated carbocycles. The second-order valence-electron chi connectivity index (χ2n) is 7.50. The predicted molar refractivity (Wildman–Crippen MR) is 91.9 cm³/mol.